The molecule has 1 aromatic heterocycles. The van der Waals surface area contributed by atoms with E-state index in [0.717, 1.165) is 16.9 Å². The summed E-state index contributed by atoms with van der Waals surface area (Å²) in [6.45, 7) is 7.90. The van der Waals surface area contributed by atoms with Crippen molar-refractivity contribution in [1.82, 2.24) is 14.8 Å². The Balaban J connectivity index is 1.68. The maximum atomic E-state index is 12.9. The van der Waals surface area contributed by atoms with Crippen LogP contribution in [0.5, 0.6) is 0 Å². The largest absolute Gasteiger partial charge is 0.345 e. The van der Waals surface area contributed by atoms with E-state index in [1.165, 1.54) is 10.5 Å². The van der Waals surface area contributed by atoms with Crippen LogP contribution in [-0.4, -0.2) is 55.0 Å². The smallest absolute Gasteiger partial charge is 0.286 e. The zero-order valence-corrected chi connectivity index (χ0v) is 17.7. The van der Waals surface area contributed by atoms with Gasteiger partial charge < -0.3 is 4.90 Å². The first-order chi connectivity index (χ1) is 13.1. The molecule has 28 heavy (non-hydrogen) atoms. The minimum Gasteiger partial charge on any atom is -0.345 e. The number of carbonyl (C=O) groups is 1. The zero-order chi connectivity index (χ0) is 20.5. The van der Waals surface area contributed by atoms with E-state index in [-0.39, 0.29) is 5.41 Å². The molecule has 2 aromatic rings. The maximum absolute atomic E-state index is 12.9. The molecular formula is C18H24N4O4S2. The highest BCUT2D eigenvalue weighted by Gasteiger charge is 2.30. The standard InChI is InChI=1S/C18H24N4O4S2/c1-18(2,3)13-4-6-14(7-5-13)28(25,26)22-10-8-21(9-11-22)17-19-12-15(27-17)16(23)20-24/h4-7,12,24H,8-11H2,1-3H3,(H,20,23). The lowest BCUT2D eigenvalue weighted by Gasteiger charge is -2.33. The topological polar surface area (TPSA) is 103 Å². The molecule has 152 valence electrons. The van der Waals surface area contributed by atoms with Crippen molar-refractivity contribution in [3.05, 3.63) is 40.9 Å². The van der Waals surface area contributed by atoms with Crippen LogP contribution in [0.2, 0.25) is 0 Å². The van der Waals surface area contributed by atoms with E-state index >= 15 is 0 Å². The minimum atomic E-state index is -3.55. The molecule has 0 saturated carbocycles. The number of hydrogen-bond acceptors (Lipinski definition) is 7. The van der Waals surface area contributed by atoms with E-state index in [0.29, 0.717) is 41.1 Å². The summed E-state index contributed by atoms with van der Waals surface area (Å²) in [5.74, 6) is -0.608. The normalized spacial score (nSPS) is 16.2. The van der Waals surface area contributed by atoms with Crippen molar-refractivity contribution in [1.29, 1.82) is 0 Å². The van der Waals surface area contributed by atoms with Crippen molar-refractivity contribution in [2.75, 3.05) is 31.1 Å². The average molecular weight is 425 g/mol. The maximum Gasteiger partial charge on any atom is 0.286 e. The molecule has 2 heterocycles. The van der Waals surface area contributed by atoms with Gasteiger partial charge >= 0.3 is 0 Å². The summed E-state index contributed by atoms with van der Waals surface area (Å²) in [6.07, 6.45) is 1.39. The van der Waals surface area contributed by atoms with Gasteiger partial charge in [0.05, 0.1) is 11.1 Å². The van der Waals surface area contributed by atoms with Gasteiger partial charge in [0.2, 0.25) is 10.0 Å². The number of hydroxylamine groups is 1. The van der Waals surface area contributed by atoms with Crippen molar-refractivity contribution >= 4 is 32.4 Å². The van der Waals surface area contributed by atoms with Gasteiger partial charge in [-0.15, -0.1) is 0 Å². The first-order valence-corrected chi connectivity index (χ1v) is 11.1. The molecule has 1 aromatic carbocycles. The fourth-order valence-corrected chi connectivity index (χ4v) is 5.25. The molecule has 0 aliphatic carbocycles. The number of rotatable bonds is 4. The number of thiazole rings is 1. The van der Waals surface area contributed by atoms with E-state index in [4.69, 9.17) is 5.21 Å². The van der Waals surface area contributed by atoms with Crippen molar-refractivity contribution in [2.24, 2.45) is 0 Å². The molecule has 1 aliphatic rings. The number of nitrogens with one attached hydrogen (secondary N) is 1. The molecule has 2 N–H and O–H groups in total. The van der Waals surface area contributed by atoms with Gasteiger partial charge in [0.1, 0.15) is 4.88 Å². The summed E-state index contributed by atoms with van der Waals surface area (Å²) in [5.41, 5.74) is 2.63. The Labute approximate surface area is 168 Å². The summed E-state index contributed by atoms with van der Waals surface area (Å²) in [4.78, 5) is 18.2. The van der Waals surface area contributed by atoms with Crippen molar-refractivity contribution in [3.63, 3.8) is 0 Å². The van der Waals surface area contributed by atoms with E-state index in [2.05, 4.69) is 25.8 Å². The quantitative estimate of drug-likeness (QED) is 0.575. The lowest BCUT2D eigenvalue weighted by atomic mass is 9.87. The van der Waals surface area contributed by atoms with E-state index in [1.54, 1.807) is 17.6 Å². The van der Waals surface area contributed by atoms with E-state index in [9.17, 15) is 13.2 Å². The molecule has 1 saturated heterocycles. The predicted molar refractivity (Wildman–Crippen MR) is 107 cm³/mol. The van der Waals surface area contributed by atoms with Gasteiger partial charge in [-0.2, -0.15) is 4.31 Å². The molecule has 1 aliphatic heterocycles. The molecule has 0 spiro atoms. The predicted octanol–water partition coefficient (Wildman–Crippen LogP) is 2.07. The second-order valence-corrected chi connectivity index (χ2v) is 10.6. The molecule has 0 atom stereocenters. The third-order valence-electron chi connectivity index (χ3n) is 4.69. The van der Waals surface area contributed by atoms with Crippen LogP contribution in [0.3, 0.4) is 0 Å². The summed E-state index contributed by atoms with van der Waals surface area (Å²) in [6, 6.07) is 7.07. The van der Waals surface area contributed by atoms with Gasteiger partial charge in [0.25, 0.3) is 5.91 Å². The number of piperazine rings is 1. The number of nitrogens with zero attached hydrogens (tertiary/aromatic N) is 3. The lowest BCUT2D eigenvalue weighted by Crippen LogP contribution is -2.48. The van der Waals surface area contributed by atoms with Crippen molar-refractivity contribution in [2.45, 2.75) is 31.1 Å². The van der Waals surface area contributed by atoms with Crippen LogP contribution in [0.1, 0.15) is 36.0 Å². The SMILES string of the molecule is CC(C)(C)c1ccc(S(=O)(=O)N2CCN(c3ncc(C(=O)NO)s3)CC2)cc1. The highest BCUT2D eigenvalue weighted by Crippen LogP contribution is 2.27. The van der Waals surface area contributed by atoms with Gasteiger partial charge in [-0.3, -0.25) is 10.0 Å². The molecule has 0 unspecified atom stereocenters. The number of hydrogen-bond donors (Lipinski definition) is 2. The summed E-state index contributed by atoms with van der Waals surface area (Å²) >= 11 is 1.16. The van der Waals surface area contributed by atoms with Crippen molar-refractivity contribution < 1.29 is 18.4 Å². The van der Waals surface area contributed by atoms with Gasteiger partial charge in [-0.25, -0.2) is 18.9 Å². The number of amides is 1. The lowest BCUT2D eigenvalue weighted by molar-refractivity contribution is 0.0710. The Hall–Kier alpha value is -2.01. The Morgan fingerprint density at radius 1 is 1.14 bits per heavy atom. The Kier molecular flexibility index (Phi) is 5.76. The van der Waals surface area contributed by atoms with Crippen LogP contribution in [0.4, 0.5) is 5.13 Å². The van der Waals surface area contributed by atoms with Crippen LogP contribution in [0.25, 0.3) is 0 Å². The molecule has 0 bridgehead atoms. The first kappa shape index (κ1) is 20.7. The number of benzene rings is 1. The molecule has 3 rings (SSSR count). The van der Waals surface area contributed by atoms with Crippen LogP contribution in [0.15, 0.2) is 35.4 Å². The number of carbonyl (C=O) groups excluding carboxylic acids is 1. The minimum absolute atomic E-state index is 0.0343. The third-order valence-corrected chi connectivity index (χ3v) is 7.66. The van der Waals surface area contributed by atoms with Crippen LogP contribution in [-0.2, 0) is 15.4 Å². The monoisotopic (exact) mass is 424 g/mol. The first-order valence-electron chi connectivity index (χ1n) is 8.89. The molecule has 8 nitrogen and oxygen atoms in total. The Morgan fingerprint density at radius 3 is 2.29 bits per heavy atom. The average Bonchev–Trinajstić information content (AvgIpc) is 3.17. The van der Waals surface area contributed by atoms with E-state index < -0.39 is 15.9 Å². The van der Waals surface area contributed by atoms with E-state index in [1.807, 2.05) is 17.0 Å². The van der Waals surface area contributed by atoms with Gasteiger partial charge in [-0.1, -0.05) is 44.2 Å². The highest BCUT2D eigenvalue weighted by atomic mass is 32.2. The highest BCUT2D eigenvalue weighted by molar-refractivity contribution is 7.89. The van der Waals surface area contributed by atoms with Crippen LogP contribution in [0, 0.1) is 0 Å². The Morgan fingerprint density at radius 2 is 1.75 bits per heavy atom. The molecule has 0 radical (unpaired) electrons. The summed E-state index contributed by atoms with van der Waals surface area (Å²) < 4.78 is 27.4. The molecular weight excluding hydrogens is 400 g/mol. The fourth-order valence-electron chi connectivity index (χ4n) is 2.97. The summed E-state index contributed by atoms with van der Waals surface area (Å²) in [5, 5.41) is 9.32. The number of aromatic nitrogens is 1. The van der Waals surface area contributed by atoms with Crippen molar-refractivity contribution in [3.8, 4) is 0 Å². The fraction of sp³-hybridized carbons (Fsp3) is 0.444. The van der Waals surface area contributed by atoms with Crippen LogP contribution < -0.4 is 10.4 Å². The van der Waals surface area contributed by atoms with Crippen LogP contribution >= 0.6 is 11.3 Å². The van der Waals surface area contributed by atoms with Gasteiger partial charge in [0.15, 0.2) is 5.13 Å². The second-order valence-electron chi connectivity index (χ2n) is 7.61. The molecule has 1 fully saturated rings. The van der Waals surface area contributed by atoms with Gasteiger partial charge in [-0.05, 0) is 23.1 Å². The number of anilines is 1. The third kappa shape index (κ3) is 4.19. The molecule has 1 amide bonds. The zero-order valence-electron chi connectivity index (χ0n) is 16.0. The summed E-state index contributed by atoms with van der Waals surface area (Å²) in [7, 11) is -3.55. The number of sulfonamides is 1. The molecule has 10 heteroatoms. The van der Waals surface area contributed by atoms with Gasteiger partial charge in [0, 0.05) is 26.2 Å². The second kappa shape index (κ2) is 7.78. The Bertz CT molecular complexity index is 941.